The summed E-state index contributed by atoms with van der Waals surface area (Å²) in [4.78, 5) is 4.54. The van der Waals surface area contributed by atoms with Gasteiger partial charge in [-0.2, -0.15) is 0 Å². The summed E-state index contributed by atoms with van der Waals surface area (Å²) < 4.78 is 11.1. The molecule has 1 aliphatic heterocycles. The molecule has 1 aromatic carbocycles. The molecule has 0 bridgehead atoms. The van der Waals surface area contributed by atoms with Crippen LogP contribution < -0.4 is 15.8 Å². The number of nitrogens with zero attached hydrogens (tertiary/aromatic N) is 1. The molecule has 1 atom stereocenters. The molecule has 0 spiro atoms. The Morgan fingerprint density at radius 3 is 2.83 bits per heavy atom. The number of para-hydroxylation sites is 1. The molecule has 2 aliphatic rings. The molecular weight excluding hydrogens is 302 g/mol. The van der Waals surface area contributed by atoms with E-state index in [4.69, 9.17) is 15.2 Å². The number of benzene rings is 1. The Morgan fingerprint density at radius 2 is 2.04 bits per heavy atom. The molecule has 3 rings (SSSR count). The van der Waals surface area contributed by atoms with Gasteiger partial charge in [0.2, 0.25) is 0 Å². The van der Waals surface area contributed by atoms with Gasteiger partial charge in [0.15, 0.2) is 5.96 Å². The summed E-state index contributed by atoms with van der Waals surface area (Å²) in [5.41, 5.74) is 7.27. The van der Waals surface area contributed by atoms with Crippen LogP contribution in [0.2, 0.25) is 0 Å². The topological polar surface area (TPSA) is 68.9 Å². The van der Waals surface area contributed by atoms with Crippen molar-refractivity contribution in [3.63, 3.8) is 0 Å². The van der Waals surface area contributed by atoms with E-state index >= 15 is 0 Å². The summed E-state index contributed by atoms with van der Waals surface area (Å²) in [7, 11) is 1.82. The van der Waals surface area contributed by atoms with E-state index in [-0.39, 0.29) is 6.04 Å². The van der Waals surface area contributed by atoms with Crippen LogP contribution in [0.1, 0.15) is 50.1 Å². The van der Waals surface area contributed by atoms with E-state index in [1.807, 2.05) is 25.3 Å². The highest BCUT2D eigenvalue weighted by Crippen LogP contribution is 2.31. The van der Waals surface area contributed by atoms with Gasteiger partial charge in [0.1, 0.15) is 5.75 Å². The average molecular weight is 331 g/mol. The molecule has 1 aliphatic carbocycles. The summed E-state index contributed by atoms with van der Waals surface area (Å²) in [6, 6.07) is 8.32. The zero-order valence-corrected chi connectivity index (χ0v) is 14.5. The lowest BCUT2D eigenvalue weighted by atomic mass is 9.85. The summed E-state index contributed by atoms with van der Waals surface area (Å²) >= 11 is 0. The molecular formula is C19H29N3O2. The number of rotatable bonds is 5. The van der Waals surface area contributed by atoms with Crippen LogP contribution in [0.3, 0.4) is 0 Å². The Balaban J connectivity index is 1.46. The van der Waals surface area contributed by atoms with Crippen molar-refractivity contribution in [1.82, 2.24) is 5.32 Å². The highest BCUT2D eigenvalue weighted by molar-refractivity contribution is 5.78. The van der Waals surface area contributed by atoms with Gasteiger partial charge < -0.3 is 20.5 Å². The first-order valence-corrected chi connectivity index (χ1v) is 9.07. The van der Waals surface area contributed by atoms with Crippen LogP contribution in [-0.2, 0) is 4.74 Å². The molecule has 1 unspecified atom stereocenters. The van der Waals surface area contributed by atoms with E-state index in [0.29, 0.717) is 18.7 Å². The monoisotopic (exact) mass is 331 g/mol. The SMILES string of the molecule is COC1CCC(CCN=C(N)NC2CCOc3ccccc32)CC1. The van der Waals surface area contributed by atoms with Crippen molar-refractivity contribution in [2.24, 2.45) is 16.6 Å². The van der Waals surface area contributed by atoms with Crippen molar-refractivity contribution >= 4 is 5.96 Å². The first-order valence-electron chi connectivity index (χ1n) is 9.07. The standard InChI is InChI=1S/C19H29N3O2/c1-23-15-8-6-14(7-9-15)10-12-21-19(20)22-17-11-13-24-18-5-3-2-4-16(17)18/h2-5,14-15,17H,6-13H2,1H3,(H3,20,21,22). The quantitative estimate of drug-likeness (QED) is 0.643. The van der Waals surface area contributed by atoms with Crippen LogP contribution in [0, 0.1) is 5.92 Å². The van der Waals surface area contributed by atoms with Gasteiger partial charge in [-0.1, -0.05) is 18.2 Å². The highest BCUT2D eigenvalue weighted by atomic mass is 16.5. The van der Waals surface area contributed by atoms with Crippen LogP contribution in [0.25, 0.3) is 0 Å². The second-order valence-corrected chi connectivity index (χ2v) is 6.81. The molecule has 1 fully saturated rings. The number of nitrogens with one attached hydrogen (secondary N) is 1. The van der Waals surface area contributed by atoms with Gasteiger partial charge in [0.25, 0.3) is 0 Å². The molecule has 0 aromatic heterocycles. The Labute approximate surface area is 144 Å². The molecule has 132 valence electrons. The number of nitrogens with two attached hydrogens (primary N) is 1. The van der Waals surface area contributed by atoms with E-state index in [1.54, 1.807) is 0 Å². The van der Waals surface area contributed by atoms with E-state index < -0.39 is 0 Å². The van der Waals surface area contributed by atoms with E-state index in [1.165, 1.54) is 31.2 Å². The summed E-state index contributed by atoms with van der Waals surface area (Å²) in [5.74, 6) is 2.25. The Hall–Kier alpha value is -1.75. The molecule has 1 heterocycles. The van der Waals surface area contributed by atoms with E-state index in [0.717, 1.165) is 31.1 Å². The van der Waals surface area contributed by atoms with Gasteiger partial charge >= 0.3 is 0 Å². The zero-order valence-electron chi connectivity index (χ0n) is 14.5. The smallest absolute Gasteiger partial charge is 0.189 e. The fraction of sp³-hybridized carbons (Fsp3) is 0.632. The highest BCUT2D eigenvalue weighted by Gasteiger charge is 2.22. The number of ether oxygens (including phenoxy) is 2. The van der Waals surface area contributed by atoms with Crippen molar-refractivity contribution in [2.45, 2.75) is 50.7 Å². The first kappa shape index (κ1) is 17.1. The molecule has 0 amide bonds. The predicted molar refractivity (Wildman–Crippen MR) is 96.3 cm³/mol. The molecule has 1 saturated carbocycles. The van der Waals surface area contributed by atoms with Crippen molar-refractivity contribution in [3.05, 3.63) is 29.8 Å². The summed E-state index contributed by atoms with van der Waals surface area (Å²) in [5, 5.41) is 3.36. The van der Waals surface area contributed by atoms with Crippen molar-refractivity contribution < 1.29 is 9.47 Å². The summed E-state index contributed by atoms with van der Waals surface area (Å²) in [6.45, 7) is 1.51. The molecule has 0 radical (unpaired) electrons. The predicted octanol–water partition coefficient (Wildman–Crippen LogP) is 3.01. The first-order chi connectivity index (χ1) is 11.8. The van der Waals surface area contributed by atoms with Crippen LogP contribution in [0.5, 0.6) is 5.75 Å². The number of fused-ring (bicyclic) bond motifs is 1. The third kappa shape index (κ3) is 4.41. The number of methoxy groups -OCH3 is 1. The minimum absolute atomic E-state index is 0.191. The van der Waals surface area contributed by atoms with Gasteiger partial charge in [-0.3, -0.25) is 4.99 Å². The van der Waals surface area contributed by atoms with Crippen LogP contribution in [0.15, 0.2) is 29.3 Å². The molecule has 3 N–H and O–H groups in total. The Kier molecular flexibility index (Phi) is 5.96. The second kappa shape index (κ2) is 8.38. The maximum atomic E-state index is 6.10. The molecule has 5 heteroatoms. The Bertz CT molecular complexity index is 553. The zero-order chi connectivity index (χ0) is 16.8. The van der Waals surface area contributed by atoms with Gasteiger partial charge in [-0.25, -0.2) is 0 Å². The maximum Gasteiger partial charge on any atom is 0.189 e. The fourth-order valence-electron chi connectivity index (χ4n) is 3.74. The third-order valence-electron chi connectivity index (χ3n) is 5.23. The van der Waals surface area contributed by atoms with Gasteiger partial charge in [0, 0.05) is 25.6 Å². The number of hydrogen-bond acceptors (Lipinski definition) is 3. The van der Waals surface area contributed by atoms with Gasteiger partial charge in [-0.15, -0.1) is 0 Å². The van der Waals surface area contributed by atoms with Crippen molar-refractivity contribution in [1.29, 1.82) is 0 Å². The van der Waals surface area contributed by atoms with Crippen LogP contribution in [-0.4, -0.2) is 32.3 Å². The Morgan fingerprint density at radius 1 is 1.25 bits per heavy atom. The number of hydrogen-bond donors (Lipinski definition) is 2. The third-order valence-corrected chi connectivity index (χ3v) is 5.23. The minimum atomic E-state index is 0.191. The maximum absolute atomic E-state index is 6.10. The number of guanidine groups is 1. The lowest BCUT2D eigenvalue weighted by molar-refractivity contribution is 0.0559. The largest absolute Gasteiger partial charge is 0.493 e. The van der Waals surface area contributed by atoms with E-state index in [9.17, 15) is 0 Å². The average Bonchev–Trinajstić information content (AvgIpc) is 2.63. The number of aliphatic imine (C=N–C) groups is 1. The van der Waals surface area contributed by atoms with Gasteiger partial charge in [-0.05, 0) is 44.1 Å². The van der Waals surface area contributed by atoms with E-state index in [2.05, 4.69) is 16.4 Å². The van der Waals surface area contributed by atoms with Crippen molar-refractivity contribution in [2.75, 3.05) is 20.3 Å². The second-order valence-electron chi connectivity index (χ2n) is 6.81. The van der Waals surface area contributed by atoms with Crippen molar-refractivity contribution in [3.8, 4) is 5.75 Å². The van der Waals surface area contributed by atoms with Crippen LogP contribution >= 0.6 is 0 Å². The molecule has 1 aromatic rings. The van der Waals surface area contributed by atoms with Gasteiger partial charge in [0.05, 0.1) is 18.8 Å². The van der Waals surface area contributed by atoms with Crippen LogP contribution in [0.4, 0.5) is 0 Å². The lowest BCUT2D eigenvalue weighted by Crippen LogP contribution is -2.37. The normalized spacial score (nSPS) is 27.2. The fourth-order valence-corrected chi connectivity index (χ4v) is 3.74. The summed E-state index contributed by atoms with van der Waals surface area (Å²) in [6.07, 6.45) is 7.33. The molecule has 5 nitrogen and oxygen atoms in total. The lowest BCUT2D eigenvalue weighted by Gasteiger charge is -2.27. The molecule has 0 saturated heterocycles. The minimum Gasteiger partial charge on any atom is -0.493 e. The molecule has 24 heavy (non-hydrogen) atoms.